The highest BCUT2D eigenvalue weighted by atomic mass is 16.5. The first-order valence-corrected chi connectivity index (χ1v) is 9.64. The molecule has 138 valence electrons. The van der Waals surface area contributed by atoms with Crippen molar-refractivity contribution in [3.8, 4) is 5.75 Å². The molecular formula is C21H28N4O. The lowest BCUT2D eigenvalue weighted by atomic mass is 10.0. The van der Waals surface area contributed by atoms with Gasteiger partial charge >= 0.3 is 0 Å². The predicted octanol–water partition coefficient (Wildman–Crippen LogP) is 3.46. The molecule has 5 heteroatoms. The minimum absolute atomic E-state index is 0.547. The molecule has 0 atom stereocenters. The van der Waals surface area contributed by atoms with Gasteiger partial charge in [-0.05, 0) is 37.8 Å². The molecule has 2 aliphatic rings. The number of aromatic nitrogens is 2. The summed E-state index contributed by atoms with van der Waals surface area (Å²) in [5.41, 5.74) is 1.27. The Bertz CT molecular complexity index is 738. The summed E-state index contributed by atoms with van der Waals surface area (Å²) < 4.78 is 5.49. The number of likely N-dealkylation sites (tertiary alicyclic amines) is 1. The van der Waals surface area contributed by atoms with Gasteiger partial charge in [-0.25, -0.2) is 9.97 Å². The van der Waals surface area contributed by atoms with Crippen molar-refractivity contribution in [3.63, 3.8) is 0 Å². The molecule has 0 bridgehead atoms. The summed E-state index contributed by atoms with van der Waals surface area (Å²) in [5, 5.41) is 0. The Morgan fingerprint density at radius 1 is 1.12 bits per heavy atom. The molecule has 2 heterocycles. The van der Waals surface area contributed by atoms with Gasteiger partial charge < -0.3 is 9.64 Å². The van der Waals surface area contributed by atoms with E-state index in [4.69, 9.17) is 9.72 Å². The summed E-state index contributed by atoms with van der Waals surface area (Å²) in [6, 6.07) is 10.9. The Morgan fingerprint density at radius 3 is 2.62 bits per heavy atom. The van der Waals surface area contributed by atoms with E-state index in [-0.39, 0.29) is 0 Å². The molecule has 0 radical (unpaired) electrons. The third-order valence-electron chi connectivity index (χ3n) is 5.65. The first-order valence-electron chi connectivity index (χ1n) is 9.64. The minimum atomic E-state index is 0.547. The first kappa shape index (κ1) is 17.3. The Hall–Kier alpha value is -2.14. The van der Waals surface area contributed by atoms with Crippen molar-refractivity contribution in [2.45, 2.75) is 44.2 Å². The Morgan fingerprint density at radius 2 is 1.88 bits per heavy atom. The van der Waals surface area contributed by atoms with Crippen LogP contribution in [0.3, 0.4) is 0 Å². The van der Waals surface area contributed by atoms with Gasteiger partial charge in [-0.2, -0.15) is 0 Å². The number of hydrogen-bond donors (Lipinski definition) is 0. The summed E-state index contributed by atoms with van der Waals surface area (Å²) in [6.45, 7) is 3.17. The van der Waals surface area contributed by atoms with Gasteiger partial charge in [-0.15, -0.1) is 0 Å². The maximum Gasteiger partial charge on any atom is 0.133 e. The molecular weight excluding hydrogens is 324 g/mol. The number of methoxy groups -OCH3 is 1. The van der Waals surface area contributed by atoms with E-state index >= 15 is 0 Å². The topological polar surface area (TPSA) is 41.5 Å². The van der Waals surface area contributed by atoms with Crippen molar-refractivity contribution < 1.29 is 4.74 Å². The van der Waals surface area contributed by atoms with E-state index in [0.29, 0.717) is 12.0 Å². The summed E-state index contributed by atoms with van der Waals surface area (Å²) in [5.74, 6) is 3.69. The Kier molecular flexibility index (Phi) is 5.07. The maximum absolute atomic E-state index is 5.49. The van der Waals surface area contributed by atoms with E-state index in [1.807, 2.05) is 24.4 Å². The van der Waals surface area contributed by atoms with Crippen LogP contribution in [-0.2, 0) is 6.54 Å². The fourth-order valence-corrected chi connectivity index (χ4v) is 3.82. The quantitative estimate of drug-likeness (QED) is 0.796. The lowest BCUT2D eigenvalue weighted by Crippen LogP contribution is -2.43. The smallest absolute Gasteiger partial charge is 0.133 e. The van der Waals surface area contributed by atoms with Crippen LogP contribution in [0, 0.1) is 0 Å². The minimum Gasteiger partial charge on any atom is -0.496 e. The molecule has 2 aromatic rings. The van der Waals surface area contributed by atoms with Gasteiger partial charge in [0.05, 0.1) is 7.11 Å². The van der Waals surface area contributed by atoms with Crippen molar-refractivity contribution in [1.29, 1.82) is 0 Å². The second kappa shape index (κ2) is 7.62. The molecule has 1 saturated carbocycles. The number of hydrogen-bond acceptors (Lipinski definition) is 5. The number of nitrogens with zero attached hydrogens (tertiary/aromatic N) is 4. The van der Waals surface area contributed by atoms with Crippen LogP contribution in [0.2, 0.25) is 0 Å². The normalized spacial score (nSPS) is 18.7. The van der Waals surface area contributed by atoms with Gasteiger partial charge in [0, 0.05) is 50.4 Å². The molecule has 0 spiro atoms. The van der Waals surface area contributed by atoms with Gasteiger partial charge in [0.25, 0.3) is 0 Å². The monoisotopic (exact) mass is 352 g/mol. The average molecular weight is 352 g/mol. The molecule has 1 aliphatic carbocycles. The molecule has 1 aliphatic heterocycles. The lowest BCUT2D eigenvalue weighted by Gasteiger charge is -2.37. The summed E-state index contributed by atoms with van der Waals surface area (Å²) in [6.07, 6.45) is 6.73. The number of anilines is 1. The predicted molar refractivity (Wildman–Crippen MR) is 104 cm³/mol. The van der Waals surface area contributed by atoms with E-state index in [2.05, 4.69) is 34.0 Å². The van der Waals surface area contributed by atoms with E-state index in [1.54, 1.807) is 7.11 Å². The summed E-state index contributed by atoms with van der Waals surface area (Å²) in [4.78, 5) is 14.1. The zero-order chi connectivity index (χ0) is 17.9. The van der Waals surface area contributed by atoms with Crippen molar-refractivity contribution in [3.05, 3.63) is 47.9 Å². The zero-order valence-electron chi connectivity index (χ0n) is 15.8. The van der Waals surface area contributed by atoms with Crippen LogP contribution in [0.1, 0.15) is 43.0 Å². The van der Waals surface area contributed by atoms with E-state index in [1.165, 1.54) is 18.4 Å². The molecule has 5 nitrogen and oxygen atoms in total. The molecule has 1 aromatic heterocycles. The fraction of sp³-hybridized carbons (Fsp3) is 0.524. The third kappa shape index (κ3) is 3.83. The Labute approximate surface area is 156 Å². The average Bonchev–Trinajstić information content (AvgIpc) is 3.54. The number of rotatable bonds is 6. The zero-order valence-corrected chi connectivity index (χ0v) is 15.8. The van der Waals surface area contributed by atoms with Crippen LogP contribution >= 0.6 is 0 Å². The van der Waals surface area contributed by atoms with Gasteiger partial charge in [-0.3, -0.25) is 4.90 Å². The third-order valence-corrected chi connectivity index (χ3v) is 5.65. The molecule has 1 saturated heterocycles. The van der Waals surface area contributed by atoms with Gasteiger partial charge in [-0.1, -0.05) is 18.2 Å². The van der Waals surface area contributed by atoms with Crippen molar-refractivity contribution >= 4 is 5.82 Å². The number of ether oxygens (including phenoxy) is 1. The highest BCUT2D eigenvalue weighted by Gasteiger charge is 2.28. The van der Waals surface area contributed by atoms with Crippen LogP contribution in [0.5, 0.6) is 5.75 Å². The number of benzene rings is 1. The second-order valence-electron chi connectivity index (χ2n) is 7.48. The van der Waals surface area contributed by atoms with E-state index in [9.17, 15) is 0 Å². The van der Waals surface area contributed by atoms with Crippen LogP contribution in [-0.4, -0.2) is 48.2 Å². The number of para-hydroxylation sites is 1. The fourth-order valence-electron chi connectivity index (χ4n) is 3.82. The van der Waals surface area contributed by atoms with Crippen LogP contribution in [0.25, 0.3) is 0 Å². The molecule has 26 heavy (non-hydrogen) atoms. The molecule has 1 aromatic carbocycles. The molecule has 0 N–H and O–H groups in total. The van der Waals surface area contributed by atoms with Crippen molar-refractivity contribution in [2.24, 2.45) is 0 Å². The van der Waals surface area contributed by atoms with Crippen LogP contribution in [0.4, 0.5) is 5.82 Å². The largest absolute Gasteiger partial charge is 0.496 e. The van der Waals surface area contributed by atoms with E-state index in [0.717, 1.165) is 49.9 Å². The van der Waals surface area contributed by atoms with Gasteiger partial charge in [0.1, 0.15) is 17.4 Å². The first-order chi connectivity index (χ1) is 12.7. The van der Waals surface area contributed by atoms with E-state index < -0.39 is 0 Å². The summed E-state index contributed by atoms with van der Waals surface area (Å²) >= 11 is 0. The number of piperidine rings is 1. The van der Waals surface area contributed by atoms with Crippen LogP contribution < -0.4 is 9.64 Å². The second-order valence-corrected chi connectivity index (χ2v) is 7.48. The lowest BCUT2D eigenvalue weighted by molar-refractivity contribution is 0.201. The highest BCUT2D eigenvalue weighted by Crippen LogP contribution is 2.38. The van der Waals surface area contributed by atoms with Crippen molar-refractivity contribution in [2.75, 3.05) is 32.1 Å². The molecule has 4 rings (SSSR count). The highest BCUT2D eigenvalue weighted by molar-refractivity contribution is 5.39. The molecule has 0 unspecified atom stereocenters. The molecule has 2 fully saturated rings. The van der Waals surface area contributed by atoms with Gasteiger partial charge in [0.15, 0.2) is 0 Å². The standard InChI is InChI=1S/C21H28N4O/c1-24(20-9-12-22-21(23-20)16-7-8-16)18-10-13-25(14-11-18)15-17-5-3-4-6-19(17)26-2/h3-6,9,12,16,18H,7-8,10-11,13-15H2,1-2H3. The van der Waals surface area contributed by atoms with Crippen LogP contribution in [0.15, 0.2) is 36.5 Å². The Balaban J connectivity index is 1.35. The van der Waals surface area contributed by atoms with Gasteiger partial charge in [0.2, 0.25) is 0 Å². The SMILES string of the molecule is COc1ccccc1CN1CCC(N(C)c2ccnc(C3CC3)n2)CC1. The molecule has 0 amide bonds. The van der Waals surface area contributed by atoms with Crippen molar-refractivity contribution in [1.82, 2.24) is 14.9 Å². The maximum atomic E-state index is 5.49. The summed E-state index contributed by atoms with van der Waals surface area (Å²) in [7, 11) is 3.93.